The minimum Gasteiger partial charge on any atom is -0.207 e. The highest BCUT2D eigenvalue weighted by Gasteiger charge is 2.11. The smallest absolute Gasteiger partial charge is 0.154 e. The van der Waals surface area contributed by atoms with Crippen LogP contribution in [0, 0.1) is 31.0 Å². The van der Waals surface area contributed by atoms with Gasteiger partial charge in [0.25, 0.3) is 0 Å². The molecule has 2 aromatic rings. The first-order chi connectivity index (χ1) is 8.52. The highest BCUT2D eigenvalue weighted by Crippen LogP contribution is 2.26. The molecule has 0 aliphatic heterocycles. The van der Waals surface area contributed by atoms with E-state index in [4.69, 9.17) is 16.9 Å². The van der Waals surface area contributed by atoms with Crippen LogP contribution in [0.5, 0.6) is 0 Å². The normalized spacial score (nSPS) is 10.2. The lowest BCUT2D eigenvalue weighted by molar-refractivity contribution is 0.627. The minimum atomic E-state index is -0.474. The summed E-state index contributed by atoms with van der Waals surface area (Å²) in [5.41, 5.74) is 2.93. The van der Waals surface area contributed by atoms with E-state index in [1.165, 1.54) is 12.1 Å². The molecular formula is C13H9ClFN3. The first-order valence-corrected chi connectivity index (χ1v) is 5.61. The lowest BCUT2D eigenvalue weighted by atomic mass is 10.0. The Balaban J connectivity index is 2.67. The topological polar surface area (TPSA) is 49.6 Å². The van der Waals surface area contributed by atoms with Gasteiger partial charge in [0.15, 0.2) is 5.15 Å². The number of benzene rings is 1. The Labute approximate surface area is 109 Å². The number of halogens is 2. The lowest BCUT2D eigenvalue weighted by Crippen LogP contribution is -1.97. The highest BCUT2D eigenvalue weighted by atomic mass is 35.5. The van der Waals surface area contributed by atoms with Gasteiger partial charge in [0.05, 0.1) is 17.3 Å². The van der Waals surface area contributed by atoms with Crippen molar-refractivity contribution >= 4 is 11.6 Å². The van der Waals surface area contributed by atoms with Crippen LogP contribution >= 0.6 is 11.6 Å². The largest absolute Gasteiger partial charge is 0.207 e. The molecule has 0 bridgehead atoms. The van der Waals surface area contributed by atoms with Crippen molar-refractivity contribution < 1.29 is 4.39 Å². The van der Waals surface area contributed by atoms with Gasteiger partial charge in [-0.15, -0.1) is 10.2 Å². The van der Waals surface area contributed by atoms with Crippen LogP contribution in [-0.4, -0.2) is 10.2 Å². The predicted octanol–water partition coefficient (Wildman–Crippen LogP) is 3.42. The van der Waals surface area contributed by atoms with Crippen molar-refractivity contribution in [3.63, 3.8) is 0 Å². The first kappa shape index (κ1) is 12.5. The third-order valence-electron chi connectivity index (χ3n) is 2.77. The number of aromatic nitrogens is 2. The zero-order valence-electron chi connectivity index (χ0n) is 9.83. The fourth-order valence-electron chi connectivity index (χ4n) is 1.64. The van der Waals surface area contributed by atoms with Gasteiger partial charge < -0.3 is 0 Å². The molecule has 0 fully saturated rings. The fourth-order valence-corrected chi connectivity index (χ4v) is 1.82. The molecule has 0 spiro atoms. The van der Waals surface area contributed by atoms with Crippen LogP contribution in [0.4, 0.5) is 4.39 Å². The summed E-state index contributed by atoms with van der Waals surface area (Å²) in [5.74, 6) is -0.474. The van der Waals surface area contributed by atoms with Gasteiger partial charge in [-0.05, 0) is 43.2 Å². The summed E-state index contributed by atoms with van der Waals surface area (Å²) in [6.45, 7) is 3.66. The summed E-state index contributed by atoms with van der Waals surface area (Å²) in [6.07, 6.45) is 0. The molecule has 0 saturated carbocycles. The van der Waals surface area contributed by atoms with Crippen LogP contribution in [0.25, 0.3) is 11.3 Å². The third kappa shape index (κ3) is 2.18. The number of nitriles is 1. The Hall–Kier alpha value is -1.99. The molecule has 0 unspecified atom stereocenters. The summed E-state index contributed by atoms with van der Waals surface area (Å²) in [7, 11) is 0. The average Bonchev–Trinajstić information content (AvgIpc) is 2.35. The molecule has 0 atom stereocenters. The monoisotopic (exact) mass is 261 g/mol. The second-order valence-electron chi connectivity index (χ2n) is 3.93. The number of hydrogen-bond donors (Lipinski definition) is 0. The van der Waals surface area contributed by atoms with E-state index in [9.17, 15) is 4.39 Å². The van der Waals surface area contributed by atoms with Gasteiger partial charge in [0.1, 0.15) is 5.82 Å². The van der Waals surface area contributed by atoms with Crippen molar-refractivity contribution in [1.82, 2.24) is 10.2 Å². The number of hydrogen-bond acceptors (Lipinski definition) is 3. The maximum atomic E-state index is 13.4. The maximum Gasteiger partial charge on any atom is 0.154 e. The van der Waals surface area contributed by atoms with Gasteiger partial charge >= 0.3 is 0 Å². The summed E-state index contributed by atoms with van der Waals surface area (Å²) >= 11 is 5.86. The Morgan fingerprint density at radius 3 is 2.56 bits per heavy atom. The minimum absolute atomic E-state index is 0.249. The van der Waals surface area contributed by atoms with E-state index in [1.54, 1.807) is 6.07 Å². The lowest BCUT2D eigenvalue weighted by Gasteiger charge is -2.08. The van der Waals surface area contributed by atoms with Crippen molar-refractivity contribution in [1.29, 1.82) is 5.26 Å². The molecule has 0 N–H and O–H groups in total. The summed E-state index contributed by atoms with van der Waals surface area (Å²) in [5, 5.41) is 16.9. The van der Waals surface area contributed by atoms with E-state index in [0.717, 1.165) is 11.1 Å². The van der Waals surface area contributed by atoms with Crippen LogP contribution in [0.2, 0.25) is 5.15 Å². The van der Waals surface area contributed by atoms with E-state index in [-0.39, 0.29) is 5.56 Å². The molecule has 1 heterocycles. The average molecular weight is 262 g/mol. The first-order valence-electron chi connectivity index (χ1n) is 5.23. The van der Waals surface area contributed by atoms with Gasteiger partial charge in [-0.25, -0.2) is 4.39 Å². The van der Waals surface area contributed by atoms with Crippen LogP contribution in [0.1, 0.15) is 16.7 Å². The van der Waals surface area contributed by atoms with E-state index >= 15 is 0 Å². The molecule has 2 rings (SSSR count). The highest BCUT2D eigenvalue weighted by molar-refractivity contribution is 6.30. The predicted molar refractivity (Wildman–Crippen MR) is 66.6 cm³/mol. The summed E-state index contributed by atoms with van der Waals surface area (Å²) in [4.78, 5) is 0. The molecule has 0 radical (unpaired) electrons. The van der Waals surface area contributed by atoms with Gasteiger partial charge in [0, 0.05) is 5.56 Å². The summed E-state index contributed by atoms with van der Waals surface area (Å²) < 4.78 is 13.4. The van der Waals surface area contributed by atoms with Gasteiger partial charge in [-0.3, -0.25) is 0 Å². The van der Waals surface area contributed by atoms with Crippen molar-refractivity contribution in [3.8, 4) is 17.3 Å². The SMILES string of the molecule is Cc1c(Cl)nnc(-c2cc(F)cc(C#N)c2)c1C. The van der Waals surface area contributed by atoms with E-state index < -0.39 is 5.82 Å². The molecule has 3 nitrogen and oxygen atoms in total. The van der Waals surface area contributed by atoms with E-state index in [2.05, 4.69) is 10.2 Å². The molecular weight excluding hydrogens is 253 g/mol. The molecule has 5 heteroatoms. The van der Waals surface area contributed by atoms with Gasteiger partial charge in [-0.1, -0.05) is 11.6 Å². The summed E-state index contributed by atoms with van der Waals surface area (Å²) in [6, 6.07) is 5.99. The van der Waals surface area contributed by atoms with Crippen LogP contribution in [0.3, 0.4) is 0 Å². The second-order valence-corrected chi connectivity index (χ2v) is 4.29. The van der Waals surface area contributed by atoms with E-state index in [0.29, 0.717) is 16.4 Å². The maximum absolute atomic E-state index is 13.4. The van der Waals surface area contributed by atoms with Crippen molar-refractivity contribution in [2.24, 2.45) is 0 Å². The van der Waals surface area contributed by atoms with Crippen molar-refractivity contribution in [2.75, 3.05) is 0 Å². The van der Waals surface area contributed by atoms with Crippen LogP contribution < -0.4 is 0 Å². The molecule has 0 aliphatic carbocycles. The van der Waals surface area contributed by atoms with E-state index in [1.807, 2.05) is 19.9 Å². The molecule has 1 aromatic carbocycles. The Morgan fingerprint density at radius 1 is 1.17 bits per heavy atom. The van der Waals surface area contributed by atoms with Crippen LogP contribution in [-0.2, 0) is 0 Å². The Bertz CT molecular complexity index is 662. The molecule has 1 aromatic heterocycles. The zero-order chi connectivity index (χ0) is 13.3. The fraction of sp³-hybridized carbons (Fsp3) is 0.154. The Morgan fingerprint density at radius 2 is 1.89 bits per heavy atom. The Kier molecular flexibility index (Phi) is 3.26. The molecule has 0 aliphatic rings. The molecule has 18 heavy (non-hydrogen) atoms. The van der Waals surface area contributed by atoms with Gasteiger partial charge in [0.2, 0.25) is 0 Å². The van der Waals surface area contributed by atoms with Crippen molar-refractivity contribution in [2.45, 2.75) is 13.8 Å². The second kappa shape index (κ2) is 4.71. The number of rotatable bonds is 1. The quantitative estimate of drug-likeness (QED) is 0.790. The number of nitrogens with zero attached hydrogens (tertiary/aromatic N) is 3. The third-order valence-corrected chi connectivity index (χ3v) is 3.12. The van der Waals surface area contributed by atoms with Crippen molar-refractivity contribution in [3.05, 3.63) is 45.9 Å². The van der Waals surface area contributed by atoms with Crippen LogP contribution in [0.15, 0.2) is 18.2 Å². The molecule has 0 saturated heterocycles. The molecule has 90 valence electrons. The zero-order valence-corrected chi connectivity index (χ0v) is 10.6. The standard InChI is InChI=1S/C13H9ClFN3/c1-7-8(2)13(14)18-17-12(7)10-3-9(6-16)4-11(15)5-10/h3-5H,1-2H3. The molecule has 0 amide bonds. The van der Waals surface area contributed by atoms with Gasteiger partial charge in [-0.2, -0.15) is 5.26 Å².